The number of hydrogen-bond donors (Lipinski definition) is 4. The number of nitrogens with one attached hydrogen (secondary N) is 2. The Labute approximate surface area is 135 Å². The van der Waals surface area contributed by atoms with Crippen LogP contribution in [0.1, 0.15) is 11.1 Å². The summed E-state index contributed by atoms with van der Waals surface area (Å²) >= 11 is 0. The van der Waals surface area contributed by atoms with Crippen molar-refractivity contribution in [2.75, 3.05) is 22.1 Å². The van der Waals surface area contributed by atoms with Crippen LogP contribution in [0.5, 0.6) is 0 Å². The predicted molar refractivity (Wildman–Crippen MR) is 96.2 cm³/mol. The van der Waals surface area contributed by atoms with Crippen molar-refractivity contribution in [1.82, 2.24) is 0 Å². The summed E-state index contributed by atoms with van der Waals surface area (Å²) in [7, 11) is 0. The molecule has 0 atom stereocenters. The SMILES string of the molecule is Nc1cccc(C2(c3cccc(N)c3)Nc3ccccc3N2)c1. The second-order valence-corrected chi connectivity index (χ2v) is 5.80. The topological polar surface area (TPSA) is 76.1 Å². The summed E-state index contributed by atoms with van der Waals surface area (Å²) in [5.74, 6) is 0. The summed E-state index contributed by atoms with van der Waals surface area (Å²) in [4.78, 5) is 0. The van der Waals surface area contributed by atoms with Gasteiger partial charge in [-0.15, -0.1) is 0 Å². The molecule has 114 valence electrons. The number of nitrogen functional groups attached to an aromatic ring is 2. The molecule has 0 fully saturated rings. The average molecular weight is 302 g/mol. The molecule has 0 spiro atoms. The lowest BCUT2D eigenvalue weighted by molar-refractivity contribution is 0.704. The zero-order valence-corrected chi connectivity index (χ0v) is 12.6. The first-order valence-electron chi connectivity index (χ1n) is 7.55. The minimum absolute atomic E-state index is 0.589. The van der Waals surface area contributed by atoms with Crippen LogP contribution < -0.4 is 22.1 Å². The summed E-state index contributed by atoms with van der Waals surface area (Å²) in [6, 6.07) is 23.9. The maximum atomic E-state index is 6.02. The monoisotopic (exact) mass is 302 g/mol. The second kappa shape index (κ2) is 4.95. The van der Waals surface area contributed by atoms with Gasteiger partial charge in [-0.2, -0.15) is 0 Å². The Morgan fingerprint density at radius 3 is 1.52 bits per heavy atom. The minimum Gasteiger partial charge on any atom is -0.399 e. The summed E-state index contributed by atoms with van der Waals surface area (Å²) in [5.41, 5.74) is 17.1. The standard InChI is InChI=1S/C19H18N4/c20-15-7-3-5-13(11-15)19(14-6-4-8-16(21)12-14)22-17-9-1-2-10-18(17)23-19/h1-12,22-23H,20-21H2. The third kappa shape index (κ3) is 2.16. The molecule has 0 saturated carbocycles. The summed E-state index contributed by atoms with van der Waals surface area (Å²) in [6.45, 7) is 0. The lowest BCUT2D eigenvalue weighted by atomic mass is 9.91. The van der Waals surface area contributed by atoms with Gasteiger partial charge in [0.2, 0.25) is 0 Å². The fraction of sp³-hybridized carbons (Fsp3) is 0.0526. The van der Waals surface area contributed by atoms with Crippen LogP contribution in [-0.2, 0) is 5.66 Å². The van der Waals surface area contributed by atoms with Gasteiger partial charge in [-0.05, 0) is 36.4 Å². The van der Waals surface area contributed by atoms with Crippen LogP contribution in [-0.4, -0.2) is 0 Å². The van der Waals surface area contributed by atoms with Crippen LogP contribution in [0.4, 0.5) is 22.7 Å². The number of anilines is 4. The van der Waals surface area contributed by atoms with Crippen LogP contribution in [0, 0.1) is 0 Å². The van der Waals surface area contributed by atoms with Gasteiger partial charge >= 0.3 is 0 Å². The normalized spacial score (nSPS) is 14.6. The maximum Gasteiger partial charge on any atom is 0.161 e. The predicted octanol–water partition coefficient (Wildman–Crippen LogP) is 3.59. The van der Waals surface area contributed by atoms with Gasteiger partial charge in [-0.3, -0.25) is 0 Å². The van der Waals surface area contributed by atoms with Crippen molar-refractivity contribution in [1.29, 1.82) is 0 Å². The molecule has 1 aliphatic rings. The van der Waals surface area contributed by atoms with Gasteiger partial charge in [0, 0.05) is 22.5 Å². The molecule has 1 aliphatic heterocycles. The average Bonchev–Trinajstić information content (AvgIpc) is 2.96. The smallest absolute Gasteiger partial charge is 0.161 e. The highest BCUT2D eigenvalue weighted by Crippen LogP contribution is 2.43. The van der Waals surface area contributed by atoms with Crippen molar-refractivity contribution < 1.29 is 0 Å². The number of rotatable bonds is 2. The second-order valence-electron chi connectivity index (χ2n) is 5.80. The minimum atomic E-state index is -0.589. The molecule has 0 aromatic heterocycles. The zero-order valence-electron chi connectivity index (χ0n) is 12.6. The lowest BCUT2D eigenvalue weighted by Gasteiger charge is -2.32. The molecular formula is C19H18N4. The van der Waals surface area contributed by atoms with Crippen molar-refractivity contribution in [3.05, 3.63) is 83.9 Å². The van der Waals surface area contributed by atoms with E-state index in [1.807, 2.05) is 48.5 Å². The quantitative estimate of drug-likeness (QED) is 0.546. The van der Waals surface area contributed by atoms with Crippen molar-refractivity contribution in [3.8, 4) is 0 Å². The Hall–Kier alpha value is -3.14. The zero-order chi connectivity index (χ0) is 15.9. The van der Waals surface area contributed by atoms with E-state index in [9.17, 15) is 0 Å². The van der Waals surface area contributed by atoms with Crippen LogP contribution in [0.3, 0.4) is 0 Å². The number of para-hydroxylation sites is 2. The Morgan fingerprint density at radius 2 is 1.09 bits per heavy atom. The highest BCUT2D eigenvalue weighted by atomic mass is 15.3. The van der Waals surface area contributed by atoms with Gasteiger partial charge in [-0.25, -0.2) is 0 Å². The number of hydrogen-bond acceptors (Lipinski definition) is 4. The number of nitrogens with two attached hydrogens (primary N) is 2. The van der Waals surface area contributed by atoms with E-state index in [1.54, 1.807) is 0 Å². The van der Waals surface area contributed by atoms with E-state index in [0.717, 1.165) is 33.9 Å². The van der Waals surface area contributed by atoms with Crippen LogP contribution in [0.25, 0.3) is 0 Å². The van der Waals surface area contributed by atoms with Crippen LogP contribution >= 0.6 is 0 Å². The molecule has 0 bridgehead atoms. The first-order valence-corrected chi connectivity index (χ1v) is 7.55. The number of fused-ring (bicyclic) bond motifs is 1. The van der Waals surface area contributed by atoms with Crippen molar-refractivity contribution >= 4 is 22.7 Å². The molecule has 1 heterocycles. The molecule has 6 N–H and O–H groups in total. The molecule has 23 heavy (non-hydrogen) atoms. The fourth-order valence-corrected chi connectivity index (χ4v) is 3.14. The van der Waals surface area contributed by atoms with Gasteiger partial charge in [0.05, 0.1) is 11.4 Å². The van der Waals surface area contributed by atoms with E-state index in [4.69, 9.17) is 11.5 Å². The Bertz CT molecular complexity index is 800. The molecule has 0 unspecified atom stereocenters. The Morgan fingerprint density at radius 1 is 0.609 bits per heavy atom. The molecule has 3 aromatic carbocycles. The van der Waals surface area contributed by atoms with Gasteiger partial charge in [0.25, 0.3) is 0 Å². The van der Waals surface area contributed by atoms with E-state index in [2.05, 4.69) is 34.9 Å². The Balaban J connectivity index is 1.93. The third-order valence-corrected chi connectivity index (χ3v) is 4.21. The molecule has 4 nitrogen and oxygen atoms in total. The molecule has 4 heteroatoms. The summed E-state index contributed by atoms with van der Waals surface area (Å²) in [6.07, 6.45) is 0. The molecule has 0 aliphatic carbocycles. The van der Waals surface area contributed by atoms with E-state index in [-0.39, 0.29) is 0 Å². The number of benzene rings is 3. The first-order chi connectivity index (χ1) is 11.2. The molecule has 0 radical (unpaired) electrons. The first kappa shape index (κ1) is 13.5. The van der Waals surface area contributed by atoms with E-state index in [1.165, 1.54) is 0 Å². The molecular weight excluding hydrogens is 284 g/mol. The van der Waals surface area contributed by atoms with Crippen LogP contribution in [0.15, 0.2) is 72.8 Å². The molecule has 0 amide bonds. The molecule has 0 saturated heterocycles. The Kier molecular flexibility index (Phi) is 2.91. The van der Waals surface area contributed by atoms with Gasteiger partial charge in [0.1, 0.15) is 0 Å². The fourth-order valence-electron chi connectivity index (χ4n) is 3.14. The molecule has 4 rings (SSSR count). The van der Waals surface area contributed by atoms with E-state index >= 15 is 0 Å². The lowest BCUT2D eigenvalue weighted by Crippen LogP contribution is -2.40. The summed E-state index contributed by atoms with van der Waals surface area (Å²) < 4.78 is 0. The van der Waals surface area contributed by atoms with Crippen molar-refractivity contribution in [2.24, 2.45) is 0 Å². The van der Waals surface area contributed by atoms with Gasteiger partial charge in [-0.1, -0.05) is 36.4 Å². The third-order valence-electron chi connectivity index (χ3n) is 4.21. The largest absolute Gasteiger partial charge is 0.399 e. The van der Waals surface area contributed by atoms with E-state index in [0.29, 0.717) is 0 Å². The highest BCUT2D eigenvalue weighted by Gasteiger charge is 2.39. The van der Waals surface area contributed by atoms with Crippen LogP contribution in [0.2, 0.25) is 0 Å². The summed E-state index contributed by atoms with van der Waals surface area (Å²) in [5, 5.41) is 7.23. The van der Waals surface area contributed by atoms with Gasteiger partial charge < -0.3 is 22.1 Å². The highest BCUT2D eigenvalue weighted by molar-refractivity contribution is 5.79. The van der Waals surface area contributed by atoms with E-state index < -0.39 is 5.66 Å². The van der Waals surface area contributed by atoms with Crippen molar-refractivity contribution in [2.45, 2.75) is 5.66 Å². The van der Waals surface area contributed by atoms with Gasteiger partial charge in [0.15, 0.2) is 5.66 Å². The van der Waals surface area contributed by atoms with Crippen molar-refractivity contribution in [3.63, 3.8) is 0 Å². The molecule has 3 aromatic rings. The maximum absolute atomic E-state index is 6.02.